The summed E-state index contributed by atoms with van der Waals surface area (Å²) in [5.41, 5.74) is 5.03. The molecule has 1 aliphatic rings. The molecule has 4 N–H and O–H groups in total. The molecular formula is C18H26F3N3O2. The number of carbonyl (C=O) groups excluding carboxylic acids is 1. The monoisotopic (exact) mass is 373 g/mol. The molecule has 0 unspecified atom stereocenters. The third kappa shape index (κ3) is 6.00. The highest BCUT2D eigenvalue weighted by Gasteiger charge is 2.31. The average Bonchev–Trinajstić information content (AvgIpc) is 2.48. The average molecular weight is 373 g/mol. The highest BCUT2D eigenvalue weighted by atomic mass is 19.4. The first kappa shape index (κ1) is 20.2. The second kappa shape index (κ2) is 7.63. The Morgan fingerprint density at radius 2 is 1.69 bits per heavy atom. The summed E-state index contributed by atoms with van der Waals surface area (Å²) in [5.74, 6) is 0. The quantitative estimate of drug-likeness (QED) is 0.680. The van der Waals surface area contributed by atoms with Crippen LogP contribution < -0.4 is 16.4 Å². The maximum Gasteiger partial charge on any atom is 0.416 e. The van der Waals surface area contributed by atoms with E-state index in [4.69, 9.17) is 10.5 Å². The lowest BCUT2D eigenvalue weighted by Crippen LogP contribution is -2.42. The molecule has 0 aliphatic heterocycles. The minimum Gasteiger partial charge on any atom is -0.444 e. The standard InChI is InChI=1S/C18H26F3N3O2/c1-17(2,3)26-16(25)24-13-7-5-12(6-8-13)23-15-9-4-11(10-14(15)22)18(19,20)21/h4,9-10,12-13,23H,5-8,22H2,1-3H3,(H,24,25). The number of hydrogen-bond donors (Lipinski definition) is 3. The predicted molar refractivity (Wildman–Crippen MR) is 94.9 cm³/mol. The number of benzene rings is 1. The van der Waals surface area contributed by atoms with Crippen LogP contribution in [0.2, 0.25) is 0 Å². The van der Waals surface area contributed by atoms with Gasteiger partial charge in [-0.25, -0.2) is 4.79 Å². The van der Waals surface area contributed by atoms with Crippen molar-refractivity contribution in [2.75, 3.05) is 11.1 Å². The molecule has 26 heavy (non-hydrogen) atoms. The molecule has 0 aromatic heterocycles. The summed E-state index contributed by atoms with van der Waals surface area (Å²) in [5, 5.41) is 6.06. The highest BCUT2D eigenvalue weighted by Crippen LogP contribution is 2.33. The molecule has 1 amide bonds. The molecule has 146 valence electrons. The molecule has 2 rings (SSSR count). The van der Waals surface area contributed by atoms with Crippen LogP contribution in [-0.4, -0.2) is 23.8 Å². The number of nitrogens with one attached hydrogen (secondary N) is 2. The predicted octanol–water partition coefficient (Wildman–Crippen LogP) is 4.54. The van der Waals surface area contributed by atoms with E-state index >= 15 is 0 Å². The van der Waals surface area contributed by atoms with Crippen LogP contribution in [0, 0.1) is 0 Å². The van der Waals surface area contributed by atoms with Gasteiger partial charge in [-0.1, -0.05) is 0 Å². The van der Waals surface area contributed by atoms with Gasteiger partial charge >= 0.3 is 12.3 Å². The van der Waals surface area contributed by atoms with Gasteiger partial charge < -0.3 is 21.1 Å². The van der Waals surface area contributed by atoms with Crippen molar-refractivity contribution in [3.8, 4) is 0 Å². The Morgan fingerprint density at radius 3 is 2.19 bits per heavy atom. The van der Waals surface area contributed by atoms with Gasteiger partial charge in [-0.15, -0.1) is 0 Å². The summed E-state index contributed by atoms with van der Waals surface area (Å²) < 4.78 is 43.3. The van der Waals surface area contributed by atoms with Gasteiger partial charge in [-0.05, 0) is 64.7 Å². The Bertz CT molecular complexity index is 634. The molecule has 0 radical (unpaired) electrons. The number of alkyl carbamates (subject to hydrolysis) is 1. The third-order valence-corrected chi connectivity index (χ3v) is 4.19. The zero-order valence-corrected chi connectivity index (χ0v) is 15.2. The van der Waals surface area contributed by atoms with E-state index in [9.17, 15) is 18.0 Å². The maximum absolute atomic E-state index is 12.7. The smallest absolute Gasteiger partial charge is 0.416 e. The van der Waals surface area contributed by atoms with Gasteiger partial charge in [0, 0.05) is 12.1 Å². The van der Waals surface area contributed by atoms with E-state index < -0.39 is 23.4 Å². The van der Waals surface area contributed by atoms with Crippen molar-refractivity contribution < 1.29 is 22.7 Å². The van der Waals surface area contributed by atoms with E-state index in [0.717, 1.165) is 37.8 Å². The van der Waals surface area contributed by atoms with Crippen LogP contribution in [0.15, 0.2) is 18.2 Å². The summed E-state index contributed by atoms with van der Waals surface area (Å²) in [6.45, 7) is 5.42. The Morgan fingerprint density at radius 1 is 1.12 bits per heavy atom. The number of halogens is 3. The van der Waals surface area contributed by atoms with Crippen LogP contribution >= 0.6 is 0 Å². The van der Waals surface area contributed by atoms with Gasteiger partial charge in [-0.2, -0.15) is 13.2 Å². The maximum atomic E-state index is 12.7. The fourth-order valence-electron chi connectivity index (χ4n) is 2.95. The lowest BCUT2D eigenvalue weighted by molar-refractivity contribution is -0.137. The number of ether oxygens (including phenoxy) is 1. The minimum atomic E-state index is -4.40. The van der Waals surface area contributed by atoms with Crippen LogP contribution in [0.4, 0.5) is 29.3 Å². The third-order valence-electron chi connectivity index (χ3n) is 4.19. The van der Waals surface area contributed by atoms with Crippen molar-refractivity contribution in [1.82, 2.24) is 5.32 Å². The first-order valence-electron chi connectivity index (χ1n) is 8.67. The molecule has 1 aliphatic carbocycles. The first-order chi connectivity index (χ1) is 11.9. The molecule has 0 atom stereocenters. The number of anilines is 2. The number of nitrogen functional groups attached to an aromatic ring is 1. The molecule has 1 fully saturated rings. The fraction of sp³-hybridized carbons (Fsp3) is 0.611. The molecule has 0 spiro atoms. The van der Waals surface area contributed by atoms with Gasteiger partial charge in [0.1, 0.15) is 5.60 Å². The molecule has 0 saturated heterocycles. The molecular weight excluding hydrogens is 347 g/mol. The second-order valence-corrected chi connectivity index (χ2v) is 7.64. The summed E-state index contributed by atoms with van der Waals surface area (Å²) in [6.07, 6.45) is -1.75. The summed E-state index contributed by atoms with van der Waals surface area (Å²) in [6, 6.07) is 3.47. The van der Waals surface area contributed by atoms with E-state index in [-0.39, 0.29) is 17.8 Å². The zero-order chi connectivity index (χ0) is 19.5. The summed E-state index contributed by atoms with van der Waals surface area (Å²) in [4.78, 5) is 11.8. The highest BCUT2D eigenvalue weighted by molar-refractivity contribution is 5.68. The number of carbonyl (C=O) groups is 1. The van der Waals surface area contributed by atoms with Crippen molar-refractivity contribution in [1.29, 1.82) is 0 Å². The van der Waals surface area contributed by atoms with Crippen LogP contribution in [0.1, 0.15) is 52.0 Å². The SMILES string of the molecule is CC(C)(C)OC(=O)NC1CCC(Nc2ccc(C(F)(F)F)cc2N)CC1. The van der Waals surface area contributed by atoms with Crippen molar-refractivity contribution in [2.45, 2.75) is 70.3 Å². The molecule has 0 bridgehead atoms. The van der Waals surface area contributed by atoms with Gasteiger partial charge in [0.25, 0.3) is 0 Å². The number of hydrogen-bond acceptors (Lipinski definition) is 4. The van der Waals surface area contributed by atoms with E-state index in [1.54, 1.807) is 0 Å². The van der Waals surface area contributed by atoms with Gasteiger partial charge in [-0.3, -0.25) is 0 Å². The number of rotatable bonds is 3. The Kier molecular flexibility index (Phi) is 5.93. The van der Waals surface area contributed by atoms with Gasteiger partial charge in [0.15, 0.2) is 0 Å². The Labute approximate surface area is 151 Å². The van der Waals surface area contributed by atoms with E-state index in [0.29, 0.717) is 5.69 Å². The van der Waals surface area contributed by atoms with Gasteiger partial charge in [0.05, 0.1) is 16.9 Å². The molecule has 0 heterocycles. The van der Waals surface area contributed by atoms with E-state index in [2.05, 4.69) is 10.6 Å². The first-order valence-corrected chi connectivity index (χ1v) is 8.67. The van der Waals surface area contributed by atoms with Crippen molar-refractivity contribution in [3.63, 3.8) is 0 Å². The van der Waals surface area contributed by atoms with Crippen LogP contribution in [0.5, 0.6) is 0 Å². The number of nitrogens with two attached hydrogens (primary N) is 1. The molecule has 1 aromatic rings. The van der Waals surface area contributed by atoms with E-state index in [1.165, 1.54) is 6.07 Å². The fourth-order valence-corrected chi connectivity index (χ4v) is 2.95. The van der Waals surface area contributed by atoms with Gasteiger partial charge in [0.2, 0.25) is 0 Å². The van der Waals surface area contributed by atoms with Crippen molar-refractivity contribution in [3.05, 3.63) is 23.8 Å². The number of amides is 1. The lowest BCUT2D eigenvalue weighted by atomic mass is 9.91. The largest absolute Gasteiger partial charge is 0.444 e. The zero-order valence-electron chi connectivity index (χ0n) is 15.2. The molecule has 1 aromatic carbocycles. The van der Waals surface area contributed by atoms with Crippen LogP contribution in [-0.2, 0) is 10.9 Å². The molecule has 5 nitrogen and oxygen atoms in total. The molecule has 1 saturated carbocycles. The topological polar surface area (TPSA) is 76.4 Å². The summed E-state index contributed by atoms with van der Waals surface area (Å²) in [7, 11) is 0. The Hall–Kier alpha value is -2.12. The van der Waals surface area contributed by atoms with Crippen LogP contribution in [0.25, 0.3) is 0 Å². The van der Waals surface area contributed by atoms with E-state index in [1.807, 2.05) is 20.8 Å². The van der Waals surface area contributed by atoms with Crippen molar-refractivity contribution >= 4 is 17.5 Å². The normalized spacial score (nSPS) is 21.2. The number of alkyl halides is 3. The summed E-state index contributed by atoms with van der Waals surface area (Å²) >= 11 is 0. The second-order valence-electron chi connectivity index (χ2n) is 7.64. The molecule has 8 heteroatoms. The van der Waals surface area contributed by atoms with Crippen LogP contribution in [0.3, 0.4) is 0 Å². The minimum absolute atomic E-state index is 0.0350. The Balaban J connectivity index is 1.84. The van der Waals surface area contributed by atoms with Crippen molar-refractivity contribution in [2.24, 2.45) is 0 Å². The lowest BCUT2D eigenvalue weighted by Gasteiger charge is -2.31.